The predicted molar refractivity (Wildman–Crippen MR) is 49.3 cm³/mol. The van der Waals surface area contributed by atoms with E-state index in [1.165, 1.54) is 12.3 Å². The number of H-pyrrole nitrogens is 1. The topological polar surface area (TPSA) is 73.7 Å². The highest BCUT2D eigenvalue weighted by Gasteiger charge is 2.06. The van der Waals surface area contributed by atoms with E-state index >= 15 is 0 Å². The van der Waals surface area contributed by atoms with Crippen molar-refractivity contribution >= 4 is 21.7 Å². The van der Waals surface area contributed by atoms with Gasteiger partial charge in [-0.1, -0.05) is 0 Å². The number of ketones is 1. The Morgan fingerprint density at radius 1 is 1.69 bits per heavy atom. The van der Waals surface area contributed by atoms with Crippen LogP contribution in [0.5, 0.6) is 0 Å². The molecule has 0 saturated heterocycles. The summed E-state index contributed by atoms with van der Waals surface area (Å²) in [5.41, 5.74) is 0.0292. The molecule has 0 aliphatic heterocycles. The standard InChI is InChI=1S/C8H5BrN2O2/c9-6-3-5(4-11-8(6)13)7(12)1-2-10/h3-4H,1H2,(H,11,13). The average Bonchev–Trinajstić information content (AvgIpc) is 2.10. The van der Waals surface area contributed by atoms with Crippen LogP contribution in [0, 0.1) is 11.3 Å². The number of carbonyl (C=O) groups is 1. The van der Waals surface area contributed by atoms with E-state index < -0.39 is 0 Å². The molecule has 0 spiro atoms. The molecule has 0 atom stereocenters. The smallest absolute Gasteiger partial charge is 0.262 e. The predicted octanol–water partition coefficient (Wildman–Crippen LogP) is 1.23. The van der Waals surface area contributed by atoms with Gasteiger partial charge in [0.15, 0.2) is 5.78 Å². The van der Waals surface area contributed by atoms with Gasteiger partial charge in [0.05, 0.1) is 17.0 Å². The first-order valence-corrected chi connectivity index (χ1v) is 4.23. The minimum Gasteiger partial charge on any atom is -0.327 e. The van der Waals surface area contributed by atoms with Gasteiger partial charge in [0, 0.05) is 11.8 Å². The highest BCUT2D eigenvalue weighted by atomic mass is 79.9. The quantitative estimate of drug-likeness (QED) is 0.791. The molecule has 0 fully saturated rings. The molecule has 1 N–H and O–H groups in total. The molecule has 0 unspecified atom stereocenters. The number of hydrogen-bond acceptors (Lipinski definition) is 3. The Labute approximate surface area is 82.3 Å². The Morgan fingerprint density at radius 2 is 2.38 bits per heavy atom. The number of rotatable bonds is 2. The number of pyridine rings is 1. The van der Waals surface area contributed by atoms with Crippen molar-refractivity contribution < 1.29 is 4.79 Å². The second-order valence-corrected chi connectivity index (χ2v) is 3.18. The van der Waals surface area contributed by atoms with Gasteiger partial charge in [-0.05, 0) is 22.0 Å². The van der Waals surface area contributed by atoms with Crippen LogP contribution in [0.4, 0.5) is 0 Å². The lowest BCUT2D eigenvalue weighted by molar-refractivity contribution is 0.0997. The molecule has 4 nitrogen and oxygen atoms in total. The Bertz CT molecular complexity index is 431. The zero-order valence-electron chi connectivity index (χ0n) is 6.50. The molecule has 0 amide bonds. The Morgan fingerprint density at radius 3 is 2.92 bits per heavy atom. The number of nitrogens with one attached hydrogen (secondary N) is 1. The summed E-state index contributed by atoms with van der Waals surface area (Å²) >= 11 is 2.99. The van der Waals surface area contributed by atoms with Crippen LogP contribution >= 0.6 is 15.9 Å². The van der Waals surface area contributed by atoms with Gasteiger partial charge in [-0.15, -0.1) is 0 Å². The molecular formula is C8H5BrN2O2. The second-order valence-electron chi connectivity index (χ2n) is 2.32. The van der Waals surface area contributed by atoms with Crippen LogP contribution in [0.1, 0.15) is 16.8 Å². The Hall–Kier alpha value is -1.41. The van der Waals surface area contributed by atoms with E-state index in [9.17, 15) is 9.59 Å². The largest absolute Gasteiger partial charge is 0.327 e. The first kappa shape index (κ1) is 9.68. The number of carbonyl (C=O) groups excluding carboxylic acids is 1. The molecular weight excluding hydrogens is 236 g/mol. The van der Waals surface area contributed by atoms with E-state index in [0.717, 1.165) is 0 Å². The van der Waals surface area contributed by atoms with Crippen molar-refractivity contribution in [3.05, 3.63) is 32.7 Å². The molecule has 0 aliphatic carbocycles. The number of hydrogen-bond donors (Lipinski definition) is 1. The second kappa shape index (κ2) is 4.01. The molecule has 1 aromatic rings. The molecule has 1 heterocycles. The summed E-state index contributed by atoms with van der Waals surface area (Å²) in [6, 6.07) is 3.14. The minimum absolute atomic E-state index is 0.182. The van der Waals surface area contributed by atoms with Crippen LogP contribution in [0.2, 0.25) is 0 Å². The summed E-state index contributed by atoms with van der Waals surface area (Å²) in [4.78, 5) is 24.4. The molecule has 0 radical (unpaired) electrons. The zero-order chi connectivity index (χ0) is 9.84. The van der Waals surface area contributed by atoms with Gasteiger partial charge in [-0.2, -0.15) is 5.26 Å². The highest BCUT2D eigenvalue weighted by molar-refractivity contribution is 9.10. The lowest BCUT2D eigenvalue weighted by atomic mass is 10.1. The average molecular weight is 241 g/mol. The molecule has 0 bridgehead atoms. The zero-order valence-corrected chi connectivity index (χ0v) is 8.09. The Balaban J connectivity index is 3.05. The van der Waals surface area contributed by atoms with Crippen molar-refractivity contribution in [3.63, 3.8) is 0 Å². The molecule has 5 heteroatoms. The van der Waals surface area contributed by atoms with Gasteiger partial charge in [0.2, 0.25) is 0 Å². The first-order valence-electron chi connectivity index (χ1n) is 3.43. The number of nitrogens with zero attached hydrogens (tertiary/aromatic N) is 1. The lowest BCUT2D eigenvalue weighted by Crippen LogP contribution is -2.09. The van der Waals surface area contributed by atoms with Gasteiger partial charge in [-0.3, -0.25) is 9.59 Å². The summed E-state index contributed by atoms with van der Waals surface area (Å²) in [5.74, 6) is -0.306. The van der Waals surface area contributed by atoms with Gasteiger partial charge < -0.3 is 4.98 Å². The van der Waals surface area contributed by atoms with Crippen molar-refractivity contribution in [2.24, 2.45) is 0 Å². The van der Waals surface area contributed by atoms with Gasteiger partial charge in [-0.25, -0.2) is 0 Å². The molecule has 1 rings (SSSR count). The number of halogens is 1. The van der Waals surface area contributed by atoms with Gasteiger partial charge in [0.1, 0.15) is 0 Å². The number of aromatic nitrogens is 1. The van der Waals surface area contributed by atoms with Crippen molar-refractivity contribution in [2.75, 3.05) is 0 Å². The lowest BCUT2D eigenvalue weighted by Gasteiger charge is -1.95. The van der Waals surface area contributed by atoms with E-state index in [1.54, 1.807) is 6.07 Å². The van der Waals surface area contributed by atoms with Crippen LogP contribution in [-0.4, -0.2) is 10.8 Å². The van der Waals surface area contributed by atoms with E-state index in [1.807, 2.05) is 0 Å². The fourth-order valence-electron chi connectivity index (χ4n) is 0.791. The van der Waals surface area contributed by atoms with E-state index in [2.05, 4.69) is 20.9 Å². The highest BCUT2D eigenvalue weighted by Crippen LogP contribution is 2.06. The van der Waals surface area contributed by atoms with Crippen LogP contribution in [-0.2, 0) is 0 Å². The van der Waals surface area contributed by atoms with Crippen LogP contribution in [0.3, 0.4) is 0 Å². The number of Topliss-reactive ketones (excluding diaryl/α,β-unsaturated/α-hetero) is 1. The maximum Gasteiger partial charge on any atom is 0.262 e. The van der Waals surface area contributed by atoms with Crippen molar-refractivity contribution in [1.82, 2.24) is 4.98 Å². The number of aromatic amines is 1. The summed E-state index contributed by atoms with van der Waals surface area (Å²) in [6.07, 6.45) is 1.12. The van der Waals surface area contributed by atoms with E-state index in [0.29, 0.717) is 5.56 Å². The summed E-state index contributed by atoms with van der Waals surface area (Å²) in [7, 11) is 0. The van der Waals surface area contributed by atoms with Gasteiger partial charge in [0.25, 0.3) is 5.56 Å². The van der Waals surface area contributed by atoms with Crippen LogP contribution < -0.4 is 5.56 Å². The first-order chi connectivity index (χ1) is 6.15. The van der Waals surface area contributed by atoms with Crippen LogP contribution in [0.15, 0.2) is 21.5 Å². The maximum atomic E-state index is 11.1. The fourth-order valence-corrected chi connectivity index (χ4v) is 1.15. The molecule has 13 heavy (non-hydrogen) atoms. The van der Waals surface area contributed by atoms with Gasteiger partial charge >= 0.3 is 0 Å². The van der Waals surface area contributed by atoms with Crippen molar-refractivity contribution in [1.29, 1.82) is 5.26 Å². The summed E-state index contributed by atoms with van der Waals surface area (Å²) < 4.78 is 0.288. The number of nitriles is 1. The Kier molecular flexibility index (Phi) is 2.98. The monoisotopic (exact) mass is 240 g/mol. The van der Waals surface area contributed by atoms with E-state index in [4.69, 9.17) is 5.26 Å². The third-order valence-corrected chi connectivity index (χ3v) is 2.01. The molecule has 0 aliphatic rings. The molecule has 66 valence electrons. The minimum atomic E-state index is -0.306. The van der Waals surface area contributed by atoms with Crippen molar-refractivity contribution in [3.8, 4) is 6.07 Å². The maximum absolute atomic E-state index is 11.1. The normalized spacial score (nSPS) is 9.23. The summed E-state index contributed by atoms with van der Waals surface area (Å²) in [5, 5.41) is 8.27. The molecule has 1 aromatic heterocycles. The SMILES string of the molecule is N#CCC(=O)c1c[nH]c(=O)c(Br)c1. The third-order valence-electron chi connectivity index (χ3n) is 1.42. The van der Waals surface area contributed by atoms with E-state index in [-0.39, 0.29) is 22.2 Å². The fraction of sp³-hybridized carbons (Fsp3) is 0.125. The summed E-state index contributed by atoms with van der Waals surface area (Å²) in [6.45, 7) is 0. The molecule has 0 aromatic carbocycles. The molecule has 0 saturated carbocycles. The third kappa shape index (κ3) is 2.26. The van der Waals surface area contributed by atoms with Crippen molar-refractivity contribution in [2.45, 2.75) is 6.42 Å². The van der Waals surface area contributed by atoms with Crippen LogP contribution in [0.25, 0.3) is 0 Å².